The van der Waals surface area contributed by atoms with Crippen molar-refractivity contribution in [3.63, 3.8) is 0 Å². The van der Waals surface area contributed by atoms with Crippen LogP contribution in [-0.2, 0) is 9.84 Å². The molecule has 0 saturated carbocycles. The van der Waals surface area contributed by atoms with Crippen molar-refractivity contribution in [1.29, 1.82) is 0 Å². The summed E-state index contributed by atoms with van der Waals surface area (Å²) >= 11 is 10.5. The van der Waals surface area contributed by atoms with Gasteiger partial charge in [-0.05, 0) is 40.3 Å². The number of halogens is 3. The van der Waals surface area contributed by atoms with Crippen molar-refractivity contribution in [3.8, 4) is 0 Å². The van der Waals surface area contributed by atoms with Gasteiger partial charge in [0.15, 0.2) is 9.84 Å². The molecule has 1 N–H and O–H groups in total. The third-order valence-corrected chi connectivity index (χ3v) is 8.61. The Hall–Kier alpha value is 0.630. The van der Waals surface area contributed by atoms with Crippen LogP contribution >= 0.6 is 50.1 Å². The molecular formula is C9H9BrClIO3S. The second kappa shape index (κ2) is 5.09. The number of aliphatic hydroxyl groups excluding tert-OH is 1. The van der Waals surface area contributed by atoms with Gasteiger partial charge < -0.3 is 5.11 Å². The average Bonchev–Trinajstić information content (AvgIpc) is 2.14. The van der Waals surface area contributed by atoms with Crippen molar-refractivity contribution >= 4 is 60.0 Å². The minimum atomic E-state index is -3.45. The van der Waals surface area contributed by atoms with Crippen LogP contribution in [0.15, 0.2) is 24.3 Å². The fraction of sp³-hybridized carbons (Fsp3) is 0.333. The van der Waals surface area contributed by atoms with Crippen LogP contribution in [0.1, 0.15) is 11.7 Å². The molecule has 0 aromatic heterocycles. The summed E-state index contributed by atoms with van der Waals surface area (Å²) in [5.41, 5.74) is 0.448. The molecule has 90 valence electrons. The summed E-state index contributed by atoms with van der Waals surface area (Å²) in [6.45, 7) is 0. The number of hydrogen-bond donors (Lipinski definition) is 1. The summed E-state index contributed by atoms with van der Waals surface area (Å²) in [6, 6.07) is 6.46. The number of benzene rings is 1. The summed E-state index contributed by atoms with van der Waals surface area (Å²) in [7, 11) is -3.45. The monoisotopic (exact) mass is 438 g/mol. The third kappa shape index (κ3) is 3.10. The fourth-order valence-electron chi connectivity index (χ4n) is 1.07. The van der Waals surface area contributed by atoms with Crippen LogP contribution in [0, 0.1) is 0 Å². The predicted molar refractivity (Wildman–Crippen MR) is 76.9 cm³/mol. The van der Waals surface area contributed by atoms with E-state index in [0.717, 1.165) is 6.26 Å². The van der Waals surface area contributed by atoms with E-state index in [9.17, 15) is 13.5 Å². The van der Waals surface area contributed by atoms with Gasteiger partial charge in [-0.3, -0.25) is 0 Å². The van der Waals surface area contributed by atoms with E-state index >= 15 is 0 Å². The molecular weight excluding hydrogens is 430 g/mol. The first-order valence-corrected chi connectivity index (χ1v) is 8.31. The van der Waals surface area contributed by atoms with Gasteiger partial charge in [-0.2, -0.15) is 0 Å². The lowest BCUT2D eigenvalue weighted by atomic mass is 10.1. The summed E-state index contributed by atoms with van der Waals surface area (Å²) in [5.74, 6) is 0. The average molecular weight is 439 g/mol. The van der Waals surface area contributed by atoms with Crippen molar-refractivity contribution in [3.05, 3.63) is 34.9 Å². The molecule has 2 unspecified atom stereocenters. The SMILES string of the molecule is CS(=O)(=O)C(Br)(I)C(O)c1cccc(Cl)c1. The Balaban J connectivity index is 3.17. The molecule has 1 rings (SSSR count). The van der Waals surface area contributed by atoms with Gasteiger partial charge in [-0.25, -0.2) is 8.42 Å². The Morgan fingerprint density at radius 2 is 2.12 bits per heavy atom. The lowest BCUT2D eigenvalue weighted by molar-refractivity contribution is 0.191. The Kier molecular flexibility index (Phi) is 4.68. The smallest absolute Gasteiger partial charge is 0.206 e. The third-order valence-electron chi connectivity index (χ3n) is 1.98. The van der Waals surface area contributed by atoms with E-state index in [2.05, 4.69) is 15.9 Å². The first-order valence-electron chi connectivity index (χ1n) is 4.17. The van der Waals surface area contributed by atoms with Crippen LogP contribution in [0.4, 0.5) is 0 Å². The first-order chi connectivity index (χ1) is 7.16. The summed E-state index contributed by atoms with van der Waals surface area (Å²) in [4.78, 5) is 0. The van der Waals surface area contributed by atoms with E-state index in [1.807, 2.05) is 0 Å². The van der Waals surface area contributed by atoms with Gasteiger partial charge >= 0.3 is 0 Å². The lowest BCUT2D eigenvalue weighted by Crippen LogP contribution is -2.31. The van der Waals surface area contributed by atoms with Crippen LogP contribution in [-0.4, -0.2) is 21.4 Å². The van der Waals surface area contributed by atoms with Crippen LogP contribution < -0.4 is 0 Å². The van der Waals surface area contributed by atoms with E-state index in [1.165, 1.54) is 6.07 Å². The Morgan fingerprint density at radius 3 is 2.56 bits per heavy atom. The molecule has 0 radical (unpaired) electrons. The van der Waals surface area contributed by atoms with Gasteiger partial charge in [0, 0.05) is 11.3 Å². The fourth-order valence-corrected chi connectivity index (χ4v) is 2.44. The van der Waals surface area contributed by atoms with Crippen molar-refractivity contribution < 1.29 is 13.5 Å². The summed E-state index contributed by atoms with van der Waals surface area (Å²) in [6.07, 6.45) is -0.135. The first kappa shape index (κ1) is 14.7. The zero-order chi connectivity index (χ0) is 12.6. The van der Waals surface area contributed by atoms with Crippen molar-refractivity contribution in [2.24, 2.45) is 0 Å². The standard InChI is InChI=1S/C9H9BrClIO3S/c1-16(14,15)9(10,12)8(13)6-3-2-4-7(11)5-6/h2-5,8,13H,1H3. The molecule has 7 heteroatoms. The Morgan fingerprint density at radius 1 is 1.56 bits per heavy atom. The number of sulfone groups is 1. The molecule has 2 atom stereocenters. The largest absolute Gasteiger partial charge is 0.385 e. The molecule has 0 heterocycles. The molecule has 1 aromatic carbocycles. The van der Waals surface area contributed by atoms with E-state index in [-0.39, 0.29) is 0 Å². The molecule has 1 aromatic rings. The minimum absolute atomic E-state index is 0.448. The van der Waals surface area contributed by atoms with Crippen LogP contribution in [0.2, 0.25) is 5.02 Å². The number of aliphatic hydroxyl groups is 1. The second-order valence-electron chi connectivity index (χ2n) is 3.29. The van der Waals surface area contributed by atoms with E-state index in [1.54, 1.807) is 40.8 Å². The quantitative estimate of drug-likeness (QED) is 0.582. The molecule has 0 bridgehead atoms. The number of hydrogen-bond acceptors (Lipinski definition) is 3. The highest BCUT2D eigenvalue weighted by Crippen LogP contribution is 2.44. The highest BCUT2D eigenvalue weighted by Gasteiger charge is 2.43. The maximum Gasteiger partial charge on any atom is 0.206 e. The highest BCUT2D eigenvalue weighted by atomic mass is 127. The van der Waals surface area contributed by atoms with E-state index < -0.39 is 17.6 Å². The Bertz CT molecular complexity index is 489. The zero-order valence-corrected chi connectivity index (χ0v) is 13.5. The summed E-state index contributed by atoms with van der Waals surface area (Å²) in [5, 5.41) is 10.5. The van der Waals surface area contributed by atoms with Gasteiger partial charge in [0.2, 0.25) is 1.66 Å². The maximum atomic E-state index is 11.5. The number of alkyl halides is 2. The molecule has 0 aliphatic carbocycles. The topological polar surface area (TPSA) is 54.4 Å². The Labute approximate surface area is 121 Å². The van der Waals surface area contributed by atoms with E-state index in [0.29, 0.717) is 10.6 Å². The molecule has 0 saturated heterocycles. The lowest BCUT2D eigenvalue weighted by Gasteiger charge is -2.25. The van der Waals surface area contributed by atoms with Gasteiger partial charge in [0.25, 0.3) is 0 Å². The maximum absolute atomic E-state index is 11.5. The second-order valence-corrected chi connectivity index (χ2v) is 11.6. The summed E-state index contributed by atoms with van der Waals surface area (Å²) < 4.78 is 21.6. The van der Waals surface area contributed by atoms with Crippen molar-refractivity contribution in [2.75, 3.05) is 6.26 Å². The molecule has 0 spiro atoms. The number of rotatable bonds is 3. The van der Waals surface area contributed by atoms with Gasteiger partial charge in [0.1, 0.15) is 6.10 Å². The van der Waals surface area contributed by atoms with Gasteiger partial charge in [0.05, 0.1) is 0 Å². The van der Waals surface area contributed by atoms with Crippen LogP contribution in [0.3, 0.4) is 0 Å². The van der Waals surface area contributed by atoms with Gasteiger partial charge in [-0.15, -0.1) is 0 Å². The van der Waals surface area contributed by atoms with Crippen LogP contribution in [0.25, 0.3) is 0 Å². The molecule has 16 heavy (non-hydrogen) atoms. The molecule has 3 nitrogen and oxygen atoms in total. The zero-order valence-electron chi connectivity index (χ0n) is 8.19. The molecule has 0 amide bonds. The van der Waals surface area contributed by atoms with Crippen molar-refractivity contribution in [2.45, 2.75) is 7.77 Å². The molecule has 0 aliphatic heterocycles. The van der Waals surface area contributed by atoms with Crippen molar-refractivity contribution in [1.82, 2.24) is 0 Å². The molecule has 0 aliphatic rings. The van der Waals surface area contributed by atoms with Crippen LogP contribution in [0.5, 0.6) is 0 Å². The molecule has 0 fully saturated rings. The van der Waals surface area contributed by atoms with Gasteiger partial charge in [-0.1, -0.05) is 39.7 Å². The minimum Gasteiger partial charge on any atom is -0.385 e. The predicted octanol–water partition coefficient (Wildman–Crippen LogP) is 2.90. The highest BCUT2D eigenvalue weighted by molar-refractivity contribution is 14.1. The normalized spacial score (nSPS) is 17.8. The van der Waals surface area contributed by atoms with E-state index in [4.69, 9.17) is 11.6 Å².